The summed E-state index contributed by atoms with van der Waals surface area (Å²) in [6.07, 6.45) is 0.888. The molecule has 0 fully saturated rings. The molecule has 0 aromatic carbocycles. The van der Waals surface area contributed by atoms with E-state index in [1.54, 1.807) is 0 Å². The molecule has 1 unspecified atom stereocenters. The number of ether oxygens (including phenoxy) is 1. The quantitative estimate of drug-likeness (QED) is 0.796. The maximum atomic E-state index is 5.95. The number of pyridine rings is 1. The molecule has 0 saturated carbocycles. The molecule has 1 aromatic heterocycles. The van der Waals surface area contributed by atoms with Crippen LogP contribution in [-0.2, 0) is 0 Å². The van der Waals surface area contributed by atoms with Gasteiger partial charge in [-0.3, -0.25) is 0 Å². The van der Waals surface area contributed by atoms with Gasteiger partial charge < -0.3 is 10.5 Å². The van der Waals surface area contributed by atoms with Crippen molar-refractivity contribution in [3.8, 4) is 5.88 Å². The van der Waals surface area contributed by atoms with E-state index in [0.29, 0.717) is 12.5 Å². The first-order chi connectivity index (χ1) is 6.53. The standard InChI is InChI=1S/C11H18N2O/c1-4-11(3,12)8-14-10-7-5-6-9(2)13-10/h5-7H,4,8,12H2,1-3H3. The lowest BCUT2D eigenvalue weighted by atomic mass is 10.0. The van der Waals surface area contributed by atoms with Crippen molar-refractivity contribution in [2.45, 2.75) is 32.7 Å². The first kappa shape index (κ1) is 11.0. The Kier molecular flexibility index (Phi) is 3.47. The smallest absolute Gasteiger partial charge is 0.213 e. The van der Waals surface area contributed by atoms with Gasteiger partial charge in [0.1, 0.15) is 6.61 Å². The van der Waals surface area contributed by atoms with Crippen LogP contribution >= 0.6 is 0 Å². The molecule has 3 heteroatoms. The van der Waals surface area contributed by atoms with E-state index in [1.165, 1.54) is 0 Å². The van der Waals surface area contributed by atoms with Gasteiger partial charge in [0, 0.05) is 17.3 Å². The molecule has 0 aliphatic heterocycles. The minimum Gasteiger partial charge on any atom is -0.476 e. The summed E-state index contributed by atoms with van der Waals surface area (Å²) in [5, 5.41) is 0. The molecule has 1 rings (SSSR count). The van der Waals surface area contributed by atoms with Crippen LogP contribution < -0.4 is 10.5 Å². The van der Waals surface area contributed by atoms with Gasteiger partial charge in [-0.2, -0.15) is 0 Å². The Morgan fingerprint density at radius 2 is 2.21 bits per heavy atom. The van der Waals surface area contributed by atoms with E-state index in [2.05, 4.69) is 4.98 Å². The van der Waals surface area contributed by atoms with E-state index in [0.717, 1.165) is 12.1 Å². The normalized spacial score (nSPS) is 14.9. The highest BCUT2D eigenvalue weighted by Crippen LogP contribution is 2.11. The summed E-state index contributed by atoms with van der Waals surface area (Å²) in [6, 6.07) is 5.71. The molecule has 0 saturated heterocycles. The fraction of sp³-hybridized carbons (Fsp3) is 0.545. The zero-order chi connectivity index (χ0) is 10.6. The van der Waals surface area contributed by atoms with Crippen molar-refractivity contribution in [2.75, 3.05) is 6.61 Å². The Labute approximate surface area is 85.3 Å². The fourth-order valence-electron chi connectivity index (χ4n) is 0.939. The molecule has 0 spiro atoms. The zero-order valence-electron chi connectivity index (χ0n) is 9.08. The molecule has 1 aromatic rings. The molecule has 0 radical (unpaired) electrons. The lowest BCUT2D eigenvalue weighted by Gasteiger charge is -2.22. The van der Waals surface area contributed by atoms with E-state index in [-0.39, 0.29) is 5.54 Å². The lowest BCUT2D eigenvalue weighted by molar-refractivity contribution is 0.218. The van der Waals surface area contributed by atoms with Gasteiger partial charge in [0.15, 0.2) is 0 Å². The van der Waals surface area contributed by atoms with Crippen molar-refractivity contribution < 1.29 is 4.74 Å². The van der Waals surface area contributed by atoms with Gasteiger partial charge in [-0.15, -0.1) is 0 Å². The predicted octanol–water partition coefficient (Wildman–Crippen LogP) is 1.90. The van der Waals surface area contributed by atoms with Crippen LogP contribution in [0.2, 0.25) is 0 Å². The third kappa shape index (κ3) is 3.34. The van der Waals surface area contributed by atoms with Crippen molar-refractivity contribution in [3.05, 3.63) is 23.9 Å². The maximum absolute atomic E-state index is 5.95. The van der Waals surface area contributed by atoms with Gasteiger partial charge in [-0.05, 0) is 26.3 Å². The average molecular weight is 194 g/mol. The van der Waals surface area contributed by atoms with E-state index in [9.17, 15) is 0 Å². The summed E-state index contributed by atoms with van der Waals surface area (Å²) in [6.45, 7) is 6.46. The number of nitrogens with two attached hydrogens (primary N) is 1. The van der Waals surface area contributed by atoms with E-state index >= 15 is 0 Å². The average Bonchev–Trinajstić information content (AvgIpc) is 2.15. The van der Waals surface area contributed by atoms with Gasteiger partial charge in [0.25, 0.3) is 0 Å². The van der Waals surface area contributed by atoms with Crippen LogP contribution in [0.3, 0.4) is 0 Å². The minimum absolute atomic E-state index is 0.272. The molecule has 1 heterocycles. The van der Waals surface area contributed by atoms with Crippen LogP contribution in [-0.4, -0.2) is 17.1 Å². The zero-order valence-corrected chi connectivity index (χ0v) is 9.08. The molecule has 0 bridgehead atoms. The first-order valence-corrected chi connectivity index (χ1v) is 4.89. The molecular formula is C11H18N2O. The predicted molar refractivity (Wildman–Crippen MR) is 57.4 cm³/mol. The SMILES string of the molecule is CCC(C)(N)COc1cccc(C)n1. The summed E-state index contributed by atoms with van der Waals surface area (Å²) < 4.78 is 5.51. The minimum atomic E-state index is -0.272. The van der Waals surface area contributed by atoms with Gasteiger partial charge >= 0.3 is 0 Å². The number of aromatic nitrogens is 1. The van der Waals surface area contributed by atoms with E-state index in [1.807, 2.05) is 39.0 Å². The largest absolute Gasteiger partial charge is 0.476 e. The summed E-state index contributed by atoms with van der Waals surface area (Å²) in [4.78, 5) is 4.23. The van der Waals surface area contributed by atoms with Gasteiger partial charge in [0.05, 0.1) is 0 Å². The summed E-state index contributed by atoms with van der Waals surface area (Å²) >= 11 is 0. The van der Waals surface area contributed by atoms with E-state index in [4.69, 9.17) is 10.5 Å². The van der Waals surface area contributed by atoms with E-state index < -0.39 is 0 Å². The lowest BCUT2D eigenvalue weighted by Crippen LogP contribution is -2.41. The van der Waals surface area contributed by atoms with Crippen LogP contribution in [0.15, 0.2) is 18.2 Å². The highest BCUT2D eigenvalue weighted by molar-refractivity contribution is 5.14. The number of hydrogen-bond acceptors (Lipinski definition) is 3. The molecule has 0 amide bonds. The van der Waals surface area contributed by atoms with Crippen molar-refractivity contribution >= 4 is 0 Å². The molecule has 2 N–H and O–H groups in total. The summed E-state index contributed by atoms with van der Waals surface area (Å²) in [5.74, 6) is 0.648. The third-order valence-electron chi connectivity index (χ3n) is 2.22. The van der Waals surface area contributed by atoms with Crippen molar-refractivity contribution in [1.29, 1.82) is 0 Å². The van der Waals surface area contributed by atoms with Crippen LogP contribution in [0.4, 0.5) is 0 Å². The number of hydrogen-bond donors (Lipinski definition) is 1. The molecule has 1 atom stereocenters. The molecular weight excluding hydrogens is 176 g/mol. The second-order valence-corrected chi connectivity index (χ2v) is 3.91. The molecule has 78 valence electrons. The van der Waals surface area contributed by atoms with Gasteiger partial charge in [-0.25, -0.2) is 4.98 Å². The third-order valence-corrected chi connectivity index (χ3v) is 2.22. The van der Waals surface area contributed by atoms with Crippen molar-refractivity contribution in [1.82, 2.24) is 4.98 Å². The molecule has 14 heavy (non-hydrogen) atoms. The highest BCUT2D eigenvalue weighted by atomic mass is 16.5. The Morgan fingerprint density at radius 1 is 1.50 bits per heavy atom. The molecule has 0 aliphatic carbocycles. The number of aryl methyl sites for hydroxylation is 1. The first-order valence-electron chi connectivity index (χ1n) is 4.89. The molecule has 3 nitrogen and oxygen atoms in total. The monoisotopic (exact) mass is 194 g/mol. The summed E-state index contributed by atoms with van der Waals surface area (Å²) in [5.41, 5.74) is 6.63. The van der Waals surface area contributed by atoms with Crippen LogP contribution in [0, 0.1) is 6.92 Å². The summed E-state index contributed by atoms with van der Waals surface area (Å²) in [7, 11) is 0. The van der Waals surface area contributed by atoms with Crippen LogP contribution in [0.25, 0.3) is 0 Å². The Balaban J connectivity index is 2.54. The maximum Gasteiger partial charge on any atom is 0.213 e. The highest BCUT2D eigenvalue weighted by Gasteiger charge is 2.16. The fourth-order valence-corrected chi connectivity index (χ4v) is 0.939. The Hall–Kier alpha value is -1.09. The Bertz CT molecular complexity index is 297. The second-order valence-electron chi connectivity index (χ2n) is 3.91. The van der Waals surface area contributed by atoms with Crippen LogP contribution in [0.1, 0.15) is 26.0 Å². The molecule has 0 aliphatic rings. The van der Waals surface area contributed by atoms with Crippen molar-refractivity contribution in [3.63, 3.8) is 0 Å². The van der Waals surface area contributed by atoms with Crippen LogP contribution in [0.5, 0.6) is 5.88 Å². The topological polar surface area (TPSA) is 48.1 Å². The number of nitrogens with zero attached hydrogens (tertiary/aromatic N) is 1. The van der Waals surface area contributed by atoms with Gasteiger partial charge in [-0.1, -0.05) is 13.0 Å². The van der Waals surface area contributed by atoms with Gasteiger partial charge in [0.2, 0.25) is 5.88 Å². The van der Waals surface area contributed by atoms with Crippen molar-refractivity contribution in [2.24, 2.45) is 5.73 Å². The Morgan fingerprint density at radius 3 is 2.79 bits per heavy atom. The second kappa shape index (κ2) is 4.42. The number of rotatable bonds is 4.